The van der Waals surface area contributed by atoms with Gasteiger partial charge in [0.2, 0.25) is 5.91 Å². The van der Waals surface area contributed by atoms with Crippen LogP contribution in [0.1, 0.15) is 23.7 Å². The minimum absolute atomic E-state index is 0.0650. The summed E-state index contributed by atoms with van der Waals surface area (Å²) < 4.78 is 7.35. The molecule has 0 N–H and O–H groups in total. The fraction of sp³-hybridized carbons (Fsp3) is 0.400. The first-order valence-corrected chi connectivity index (χ1v) is 6.89. The average Bonchev–Trinajstić information content (AvgIpc) is 3.06. The van der Waals surface area contributed by atoms with Gasteiger partial charge in [0.25, 0.3) is 0 Å². The van der Waals surface area contributed by atoms with Gasteiger partial charge in [0.15, 0.2) is 0 Å². The quantitative estimate of drug-likeness (QED) is 0.858. The number of hydrogen-bond donors (Lipinski definition) is 0. The highest BCUT2D eigenvalue weighted by molar-refractivity contribution is 5.79. The Hall–Kier alpha value is -2.37. The number of hydrogen-bond acceptors (Lipinski definition) is 4. The number of likely N-dealkylation sites (tertiary alicyclic amines) is 1. The second-order valence-corrected chi connectivity index (χ2v) is 5.41. The highest BCUT2D eigenvalue weighted by Crippen LogP contribution is 2.30. The third-order valence-corrected chi connectivity index (χ3v) is 3.87. The lowest BCUT2D eigenvalue weighted by Crippen LogP contribution is -2.19. The molecule has 0 saturated carbocycles. The van der Waals surface area contributed by atoms with Crippen molar-refractivity contribution in [2.45, 2.75) is 19.3 Å². The lowest BCUT2D eigenvalue weighted by atomic mass is 10.1. The molecule has 0 radical (unpaired) electrons. The Morgan fingerprint density at radius 3 is 2.86 bits per heavy atom. The minimum Gasteiger partial charge on any atom is -0.495 e. The van der Waals surface area contributed by atoms with Crippen LogP contribution >= 0.6 is 0 Å². The van der Waals surface area contributed by atoms with Crippen LogP contribution in [-0.4, -0.2) is 46.3 Å². The van der Waals surface area contributed by atoms with Gasteiger partial charge in [-0.3, -0.25) is 9.36 Å². The lowest BCUT2D eigenvalue weighted by Gasteiger charge is -2.15. The first-order chi connectivity index (χ1) is 10.1. The van der Waals surface area contributed by atoms with Crippen LogP contribution < -0.4 is 4.74 Å². The number of rotatable bonds is 3. The van der Waals surface area contributed by atoms with Crippen molar-refractivity contribution in [1.82, 2.24) is 19.7 Å². The summed E-state index contributed by atoms with van der Waals surface area (Å²) in [7, 11) is 3.46. The Morgan fingerprint density at radius 1 is 1.38 bits per heavy atom. The van der Waals surface area contributed by atoms with E-state index in [0.717, 1.165) is 22.8 Å². The van der Waals surface area contributed by atoms with Gasteiger partial charge in [-0.2, -0.15) is 0 Å². The number of aromatic nitrogens is 3. The van der Waals surface area contributed by atoms with Gasteiger partial charge in [-0.05, 0) is 24.6 Å². The van der Waals surface area contributed by atoms with Crippen LogP contribution in [0.4, 0.5) is 0 Å². The highest BCUT2D eigenvalue weighted by Gasteiger charge is 2.32. The molecule has 1 fully saturated rings. The maximum Gasteiger partial charge on any atom is 0.223 e. The van der Waals surface area contributed by atoms with E-state index in [1.54, 1.807) is 18.3 Å². The summed E-state index contributed by atoms with van der Waals surface area (Å²) >= 11 is 0. The molecule has 1 aliphatic heterocycles. The van der Waals surface area contributed by atoms with E-state index >= 15 is 0 Å². The van der Waals surface area contributed by atoms with Crippen molar-refractivity contribution in [3.8, 4) is 11.4 Å². The van der Waals surface area contributed by atoms with E-state index < -0.39 is 0 Å². The molecule has 2 aromatic rings. The molecule has 6 heteroatoms. The Kier molecular flexibility index (Phi) is 3.37. The van der Waals surface area contributed by atoms with Gasteiger partial charge in [-0.25, -0.2) is 0 Å². The molecule has 6 nitrogen and oxygen atoms in total. The zero-order valence-corrected chi connectivity index (χ0v) is 12.4. The molecule has 110 valence electrons. The highest BCUT2D eigenvalue weighted by atomic mass is 16.5. The van der Waals surface area contributed by atoms with Crippen molar-refractivity contribution < 1.29 is 9.53 Å². The number of methoxy groups -OCH3 is 1. The summed E-state index contributed by atoms with van der Waals surface area (Å²) in [5.41, 5.74) is 2.03. The molecule has 1 amide bonds. The minimum atomic E-state index is 0.0650. The van der Waals surface area contributed by atoms with E-state index in [2.05, 4.69) is 10.2 Å². The molecule has 0 aliphatic carbocycles. The molecule has 1 aliphatic rings. The summed E-state index contributed by atoms with van der Waals surface area (Å²) in [5, 5.41) is 8.25. The normalized spacial score (nSPS) is 18.3. The van der Waals surface area contributed by atoms with Gasteiger partial charge in [0.1, 0.15) is 17.9 Å². The monoisotopic (exact) mass is 286 g/mol. The third kappa shape index (κ3) is 2.37. The van der Waals surface area contributed by atoms with Crippen LogP contribution in [-0.2, 0) is 4.79 Å². The first kappa shape index (κ1) is 13.6. The van der Waals surface area contributed by atoms with E-state index in [1.807, 2.05) is 36.7 Å². The molecule has 1 saturated heterocycles. The molecular formula is C15H18N4O2. The molecule has 1 atom stereocenters. The number of benzene rings is 1. The summed E-state index contributed by atoms with van der Waals surface area (Å²) in [4.78, 5) is 13.5. The summed E-state index contributed by atoms with van der Waals surface area (Å²) in [6.45, 7) is 2.70. The van der Waals surface area contributed by atoms with Crippen LogP contribution in [0.15, 0.2) is 24.5 Å². The molecule has 1 aromatic heterocycles. The zero-order valence-electron chi connectivity index (χ0n) is 12.4. The number of likely N-dealkylation sites (N-methyl/N-ethyl adjacent to an activating group) is 1. The first-order valence-electron chi connectivity index (χ1n) is 6.89. The summed E-state index contributed by atoms with van der Waals surface area (Å²) in [6, 6.07) is 5.96. The molecule has 21 heavy (non-hydrogen) atoms. The molecule has 2 heterocycles. The van der Waals surface area contributed by atoms with E-state index in [4.69, 9.17) is 4.74 Å². The van der Waals surface area contributed by atoms with Gasteiger partial charge >= 0.3 is 0 Å². The third-order valence-electron chi connectivity index (χ3n) is 3.87. The van der Waals surface area contributed by atoms with Gasteiger partial charge in [0, 0.05) is 25.9 Å². The van der Waals surface area contributed by atoms with Crippen molar-refractivity contribution in [3.63, 3.8) is 0 Å². The predicted octanol–water partition coefficient (Wildman–Crippen LogP) is 1.53. The zero-order chi connectivity index (χ0) is 15.0. The Balaban J connectivity index is 2.04. The largest absolute Gasteiger partial charge is 0.495 e. The maximum atomic E-state index is 11.7. The number of ether oxygens (including phenoxy) is 1. The predicted molar refractivity (Wildman–Crippen MR) is 77.6 cm³/mol. The lowest BCUT2D eigenvalue weighted by molar-refractivity contribution is -0.126. The molecule has 0 bridgehead atoms. The second-order valence-electron chi connectivity index (χ2n) is 5.41. The Bertz CT molecular complexity index is 680. The molecular weight excluding hydrogens is 268 g/mol. The number of nitrogens with zero attached hydrogens (tertiary/aromatic N) is 4. The fourth-order valence-electron chi connectivity index (χ4n) is 2.73. The van der Waals surface area contributed by atoms with Crippen LogP contribution in [0.2, 0.25) is 0 Å². The van der Waals surface area contributed by atoms with E-state index in [1.165, 1.54) is 0 Å². The van der Waals surface area contributed by atoms with E-state index in [0.29, 0.717) is 13.0 Å². The van der Waals surface area contributed by atoms with Crippen LogP contribution in [0.25, 0.3) is 5.69 Å². The van der Waals surface area contributed by atoms with Gasteiger partial charge < -0.3 is 9.64 Å². The van der Waals surface area contributed by atoms with Gasteiger partial charge in [0.05, 0.1) is 12.8 Å². The van der Waals surface area contributed by atoms with Crippen molar-refractivity contribution >= 4 is 5.91 Å². The fourth-order valence-corrected chi connectivity index (χ4v) is 2.73. The van der Waals surface area contributed by atoms with Crippen LogP contribution in [0.5, 0.6) is 5.75 Å². The second kappa shape index (κ2) is 5.20. The van der Waals surface area contributed by atoms with Crippen molar-refractivity contribution in [2.24, 2.45) is 0 Å². The van der Waals surface area contributed by atoms with Crippen LogP contribution in [0, 0.1) is 6.92 Å². The topological polar surface area (TPSA) is 60.2 Å². The molecule has 0 unspecified atom stereocenters. The Labute approximate surface area is 123 Å². The van der Waals surface area contributed by atoms with E-state index in [-0.39, 0.29) is 11.8 Å². The number of aryl methyl sites for hydroxylation is 1. The van der Waals surface area contributed by atoms with Gasteiger partial charge in [-0.1, -0.05) is 6.07 Å². The maximum absolute atomic E-state index is 11.7. The Morgan fingerprint density at radius 2 is 2.19 bits per heavy atom. The van der Waals surface area contributed by atoms with Gasteiger partial charge in [-0.15, -0.1) is 10.2 Å². The van der Waals surface area contributed by atoms with Crippen molar-refractivity contribution in [3.05, 3.63) is 35.9 Å². The van der Waals surface area contributed by atoms with Crippen LogP contribution in [0.3, 0.4) is 0 Å². The molecule has 0 spiro atoms. The van der Waals surface area contributed by atoms with E-state index in [9.17, 15) is 4.79 Å². The summed E-state index contributed by atoms with van der Waals surface area (Å²) in [5.74, 6) is 1.77. The molecule has 1 aromatic carbocycles. The standard InChI is InChI=1S/C15H18N4O2/c1-10-4-5-13(21-3)12(6-10)19-9-16-17-15(19)11-7-14(20)18(2)8-11/h4-6,9,11H,7-8H2,1-3H3/t11-/m1/s1. The average molecular weight is 286 g/mol. The number of carbonyl (C=O) groups excluding carboxylic acids is 1. The number of carbonyl (C=O) groups is 1. The van der Waals surface area contributed by atoms with Crippen molar-refractivity contribution in [2.75, 3.05) is 20.7 Å². The number of amides is 1. The molecule has 3 rings (SSSR count). The SMILES string of the molecule is COc1ccc(C)cc1-n1cnnc1[C@@H]1CC(=O)N(C)C1. The summed E-state index contributed by atoms with van der Waals surface area (Å²) in [6.07, 6.45) is 2.15. The van der Waals surface area contributed by atoms with Crippen molar-refractivity contribution in [1.29, 1.82) is 0 Å². The smallest absolute Gasteiger partial charge is 0.223 e.